The largest absolute Gasteiger partial charge is 0.497 e. The fourth-order valence-corrected chi connectivity index (χ4v) is 8.36. The number of methoxy groups -OCH3 is 2. The number of nitrogens with one attached hydrogen (secondary N) is 2. The van der Waals surface area contributed by atoms with Gasteiger partial charge in [-0.15, -0.1) is 0 Å². The fourth-order valence-electron chi connectivity index (χ4n) is 8.36. The zero-order chi connectivity index (χ0) is 46.2. The van der Waals surface area contributed by atoms with Crippen molar-refractivity contribution in [1.82, 2.24) is 24.4 Å². The lowest BCUT2D eigenvalue weighted by atomic mass is 9.80. The van der Waals surface area contributed by atoms with E-state index in [1.807, 2.05) is 103 Å². The normalized spacial score (nSPS) is 13.1. The Balaban J connectivity index is 0.904. The summed E-state index contributed by atoms with van der Waals surface area (Å²) in [5.74, 6) is 0.804. The number of benzene rings is 5. The first kappa shape index (κ1) is 45.2. The number of aliphatic hydroxyl groups excluding tert-OH is 1. The second kappa shape index (κ2) is 20.2. The summed E-state index contributed by atoms with van der Waals surface area (Å²) in [7, 11) is 4.84. The first-order valence-corrected chi connectivity index (χ1v) is 21.7. The van der Waals surface area contributed by atoms with Gasteiger partial charge < -0.3 is 33.7 Å². The van der Waals surface area contributed by atoms with Gasteiger partial charge in [0.05, 0.1) is 33.3 Å². The van der Waals surface area contributed by atoms with E-state index in [0.717, 1.165) is 38.9 Å². The Labute approximate surface area is 381 Å². The number of aliphatic hydroxyl groups is 1. The Kier molecular flexibility index (Phi) is 13.9. The van der Waals surface area contributed by atoms with Crippen molar-refractivity contribution in [2.24, 2.45) is 0 Å². The summed E-state index contributed by atoms with van der Waals surface area (Å²) in [5, 5.41) is 13.7. The molecule has 8 rings (SSSR count). The third kappa shape index (κ3) is 9.54. The number of carbonyl (C=O) groups is 2. The van der Waals surface area contributed by atoms with E-state index in [-0.39, 0.29) is 55.9 Å². The molecular weight excluding hydrogens is 841 g/mol. The van der Waals surface area contributed by atoms with Crippen molar-refractivity contribution in [3.8, 4) is 22.6 Å². The van der Waals surface area contributed by atoms with Gasteiger partial charge in [-0.05, 0) is 76.6 Å². The third-order valence-corrected chi connectivity index (χ3v) is 11.9. The molecule has 0 fully saturated rings. The van der Waals surface area contributed by atoms with Gasteiger partial charge in [0.1, 0.15) is 36.5 Å². The van der Waals surface area contributed by atoms with Gasteiger partial charge in [0, 0.05) is 25.9 Å². The van der Waals surface area contributed by atoms with Gasteiger partial charge in [-0.25, -0.2) is 9.78 Å². The van der Waals surface area contributed by atoms with E-state index in [1.165, 1.54) is 15.8 Å². The summed E-state index contributed by atoms with van der Waals surface area (Å²) in [5.41, 5.74) is 5.46. The van der Waals surface area contributed by atoms with E-state index in [2.05, 4.69) is 44.5 Å². The molecule has 5 aromatic carbocycles. The zero-order valence-electron chi connectivity index (χ0n) is 37.2. The number of hydrogen-bond donors (Lipinski definition) is 3. The number of anilines is 1. The van der Waals surface area contributed by atoms with Crippen LogP contribution in [0.4, 0.5) is 10.7 Å². The van der Waals surface area contributed by atoms with Gasteiger partial charge in [0.2, 0.25) is 11.9 Å². The highest BCUT2D eigenvalue weighted by Crippen LogP contribution is 2.45. The molecule has 0 bridgehead atoms. The lowest BCUT2D eigenvalue weighted by Crippen LogP contribution is -2.39. The van der Waals surface area contributed by atoms with Crippen LogP contribution in [0, 0.1) is 0 Å². The molecule has 66 heavy (non-hydrogen) atoms. The molecule has 0 saturated heterocycles. The second-order valence-corrected chi connectivity index (χ2v) is 16.1. The minimum atomic E-state index is -1.16. The van der Waals surface area contributed by atoms with Gasteiger partial charge >= 0.3 is 6.09 Å². The number of fused-ring (bicyclic) bond motifs is 4. The van der Waals surface area contributed by atoms with Crippen LogP contribution >= 0.6 is 0 Å². The zero-order valence-corrected chi connectivity index (χ0v) is 37.2. The maximum atomic E-state index is 13.1. The number of imidazole rings is 1. The number of aromatic nitrogens is 4. The Hall–Kier alpha value is -7.33. The van der Waals surface area contributed by atoms with Crippen molar-refractivity contribution in [3.05, 3.63) is 172 Å². The highest BCUT2D eigenvalue weighted by atomic mass is 16.6. The standard InChI is InChI=1S/C51H52N6O9/c1-33(58)44(30-66-51(34-13-6-5-7-14-34,35-20-24-37(62-3)25-21-35)36-22-26-38(63-4)27-23-36)65-32-57-31-52-46-47(57)54-49(55-48(46)60)53-45(59)19-12-28-56(2)50(61)64-29-43-41-17-10-8-15-39(41)40-16-9-11-18-42(40)43/h5-11,13-18,20-27,31,33,43-44,58H,12,19,28-30,32H2,1-4H3,(H2,53,54,55,59,60)/t33?,44-/m1/s1. The predicted octanol–water partition coefficient (Wildman–Crippen LogP) is 7.47. The monoisotopic (exact) mass is 892 g/mol. The maximum Gasteiger partial charge on any atom is 0.409 e. The Morgan fingerprint density at radius 3 is 2.00 bits per heavy atom. The first-order valence-electron chi connectivity index (χ1n) is 21.7. The van der Waals surface area contributed by atoms with E-state index in [9.17, 15) is 19.5 Å². The molecule has 0 aliphatic heterocycles. The summed E-state index contributed by atoms with van der Waals surface area (Å²) in [4.78, 5) is 51.9. The van der Waals surface area contributed by atoms with Gasteiger partial charge in [0.25, 0.3) is 5.56 Å². The predicted molar refractivity (Wildman–Crippen MR) is 249 cm³/mol. The number of carbonyl (C=O) groups excluding carboxylic acids is 2. The van der Waals surface area contributed by atoms with E-state index in [4.69, 9.17) is 23.7 Å². The molecule has 0 saturated carbocycles. The number of H-pyrrole nitrogens is 1. The smallest absolute Gasteiger partial charge is 0.409 e. The number of ether oxygens (including phenoxy) is 5. The average molecular weight is 893 g/mol. The molecule has 3 N–H and O–H groups in total. The summed E-state index contributed by atoms with van der Waals surface area (Å²) >= 11 is 0. The number of nitrogens with zero attached hydrogens (tertiary/aromatic N) is 4. The molecule has 0 radical (unpaired) electrons. The van der Waals surface area contributed by atoms with E-state index >= 15 is 0 Å². The van der Waals surface area contributed by atoms with Crippen molar-refractivity contribution < 1.29 is 38.4 Å². The van der Waals surface area contributed by atoms with E-state index in [1.54, 1.807) is 28.2 Å². The van der Waals surface area contributed by atoms with Crippen molar-refractivity contribution in [3.63, 3.8) is 0 Å². The summed E-state index contributed by atoms with van der Waals surface area (Å²) in [6.45, 7) is 1.83. The lowest BCUT2D eigenvalue weighted by Gasteiger charge is -2.37. The van der Waals surface area contributed by atoms with E-state index < -0.39 is 35.4 Å². The van der Waals surface area contributed by atoms with Crippen LogP contribution in [0.2, 0.25) is 0 Å². The van der Waals surface area contributed by atoms with Crippen LogP contribution in [0.3, 0.4) is 0 Å². The van der Waals surface area contributed by atoms with Crippen molar-refractivity contribution in [2.75, 3.05) is 46.3 Å². The minimum absolute atomic E-state index is 0.0354. The molecule has 340 valence electrons. The van der Waals surface area contributed by atoms with Crippen LogP contribution in [-0.4, -0.2) is 94.8 Å². The SMILES string of the molecule is COc1ccc(C(OC[C@@H](OCn2cnc3c(=O)[nH]c(NC(=O)CCCN(C)C(=O)OCC4c5ccccc5-c5ccccc54)nc32)C(C)O)(c2ccccc2)c2ccc(OC)cc2)cc1. The van der Waals surface area contributed by atoms with Crippen molar-refractivity contribution in [1.29, 1.82) is 0 Å². The van der Waals surface area contributed by atoms with Crippen LogP contribution < -0.4 is 20.3 Å². The highest BCUT2D eigenvalue weighted by Gasteiger charge is 2.39. The molecule has 1 aliphatic rings. The van der Waals surface area contributed by atoms with Crippen molar-refractivity contribution >= 4 is 29.1 Å². The van der Waals surface area contributed by atoms with Crippen LogP contribution in [0.25, 0.3) is 22.3 Å². The number of amides is 2. The summed E-state index contributed by atoms with van der Waals surface area (Å²) < 4.78 is 31.5. The molecule has 15 nitrogen and oxygen atoms in total. The number of aromatic amines is 1. The molecule has 2 atom stereocenters. The average Bonchev–Trinajstić information content (AvgIpc) is 3.91. The molecule has 15 heteroatoms. The molecule has 1 aliphatic carbocycles. The van der Waals surface area contributed by atoms with Crippen LogP contribution in [0.1, 0.15) is 53.5 Å². The third-order valence-electron chi connectivity index (χ3n) is 11.9. The summed E-state index contributed by atoms with van der Waals surface area (Å²) in [6, 6.07) is 41.3. The summed E-state index contributed by atoms with van der Waals surface area (Å²) in [6.07, 6.45) is -0.571. The van der Waals surface area contributed by atoms with Gasteiger partial charge in [-0.3, -0.25) is 24.5 Å². The molecule has 2 heterocycles. The Bertz CT molecular complexity index is 2740. The van der Waals surface area contributed by atoms with Crippen LogP contribution in [0.15, 0.2) is 139 Å². The quantitative estimate of drug-likeness (QED) is 0.0686. The van der Waals surface area contributed by atoms with Gasteiger partial charge in [0.15, 0.2) is 11.2 Å². The highest BCUT2D eigenvalue weighted by molar-refractivity contribution is 5.89. The van der Waals surface area contributed by atoms with Crippen LogP contribution in [-0.2, 0) is 31.3 Å². The number of rotatable bonds is 19. The Morgan fingerprint density at radius 2 is 1.41 bits per heavy atom. The number of hydrogen-bond acceptors (Lipinski definition) is 11. The first-order chi connectivity index (χ1) is 32.1. The Morgan fingerprint density at radius 1 is 0.833 bits per heavy atom. The molecule has 2 amide bonds. The van der Waals surface area contributed by atoms with Gasteiger partial charge in [-0.2, -0.15) is 4.98 Å². The molecule has 0 spiro atoms. The molecular formula is C51H52N6O9. The lowest BCUT2D eigenvalue weighted by molar-refractivity contribution is -0.119. The molecule has 1 unspecified atom stereocenters. The second-order valence-electron chi connectivity index (χ2n) is 16.1. The molecule has 7 aromatic rings. The van der Waals surface area contributed by atoms with Crippen molar-refractivity contribution in [2.45, 2.75) is 50.2 Å². The molecule has 2 aromatic heterocycles. The van der Waals surface area contributed by atoms with Gasteiger partial charge in [-0.1, -0.05) is 103 Å². The minimum Gasteiger partial charge on any atom is -0.497 e. The van der Waals surface area contributed by atoms with E-state index in [0.29, 0.717) is 17.9 Å². The topological polar surface area (TPSA) is 179 Å². The van der Waals surface area contributed by atoms with Crippen LogP contribution in [0.5, 0.6) is 11.5 Å². The maximum absolute atomic E-state index is 13.1. The fraction of sp³-hybridized carbons (Fsp3) is 0.275.